The van der Waals surface area contributed by atoms with Gasteiger partial charge in [0.1, 0.15) is 0 Å². The van der Waals surface area contributed by atoms with Crippen LogP contribution < -0.4 is 5.32 Å². The predicted octanol–water partition coefficient (Wildman–Crippen LogP) is 1.80. The summed E-state index contributed by atoms with van der Waals surface area (Å²) < 4.78 is 10.6. The molecule has 7 heteroatoms. The first-order valence-electron chi connectivity index (χ1n) is 8.25. The fraction of sp³-hybridized carbons (Fsp3) is 0.647. The van der Waals surface area contributed by atoms with Crippen molar-refractivity contribution >= 4 is 29.9 Å². The molecule has 1 unspecified atom stereocenters. The van der Waals surface area contributed by atoms with Crippen LogP contribution in [-0.2, 0) is 15.9 Å². The highest BCUT2D eigenvalue weighted by atomic mass is 127. The molecule has 2 rings (SSSR count). The molecule has 0 saturated carbocycles. The van der Waals surface area contributed by atoms with Crippen LogP contribution in [0.2, 0.25) is 0 Å². The van der Waals surface area contributed by atoms with E-state index in [0.717, 1.165) is 50.7 Å². The first-order chi connectivity index (χ1) is 11.3. The minimum atomic E-state index is 0. The second-order valence-corrected chi connectivity index (χ2v) is 5.71. The summed E-state index contributed by atoms with van der Waals surface area (Å²) in [6, 6.07) is 6.01. The predicted molar refractivity (Wildman–Crippen MR) is 107 cm³/mol. The van der Waals surface area contributed by atoms with Crippen molar-refractivity contribution in [2.45, 2.75) is 12.8 Å². The molecular formula is C17H29IN4O2. The minimum absolute atomic E-state index is 0. The summed E-state index contributed by atoms with van der Waals surface area (Å²) in [5.74, 6) is 1.54. The summed E-state index contributed by atoms with van der Waals surface area (Å²) in [6.07, 6.45) is 3.88. The summed E-state index contributed by atoms with van der Waals surface area (Å²) in [6.45, 7) is 5.00. The second kappa shape index (κ2) is 12.4. The van der Waals surface area contributed by atoms with Crippen molar-refractivity contribution < 1.29 is 9.47 Å². The zero-order valence-corrected chi connectivity index (χ0v) is 16.9. The SMILES string of the molecule is CN=C(NCCc1ccccn1)N1CCC(COCCOC)C1.I. The number of ether oxygens (including phenoxy) is 2. The van der Waals surface area contributed by atoms with E-state index in [1.165, 1.54) is 0 Å². The van der Waals surface area contributed by atoms with Crippen molar-refractivity contribution in [2.75, 3.05) is 53.6 Å². The first-order valence-corrected chi connectivity index (χ1v) is 8.25. The number of nitrogens with zero attached hydrogens (tertiary/aromatic N) is 3. The van der Waals surface area contributed by atoms with Crippen LogP contribution in [0.3, 0.4) is 0 Å². The molecule has 24 heavy (non-hydrogen) atoms. The van der Waals surface area contributed by atoms with Gasteiger partial charge in [-0.05, 0) is 18.6 Å². The highest BCUT2D eigenvalue weighted by Gasteiger charge is 2.24. The molecule has 1 aliphatic rings. The molecule has 1 aliphatic heterocycles. The van der Waals surface area contributed by atoms with Crippen LogP contribution in [0.4, 0.5) is 0 Å². The standard InChI is InChI=1S/C17H28N4O2.HI/c1-18-17(20-9-6-16-5-3-4-8-19-16)21-10-7-15(13-21)14-23-12-11-22-2;/h3-5,8,15H,6-7,9-14H2,1-2H3,(H,18,20);1H. The summed E-state index contributed by atoms with van der Waals surface area (Å²) in [7, 11) is 3.53. The van der Waals surface area contributed by atoms with Gasteiger partial charge in [-0.1, -0.05) is 6.07 Å². The van der Waals surface area contributed by atoms with Gasteiger partial charge in [-0.3, -0.25) is 9.98 Å². The molecule has 0 spiro atoms. The largest absolute Gasteiger partial charge is 0.382 e. The maximum Gasteiger partial charge on any atom is 0.193 e. The monoisotopic (exact) mass is 448 g/mol. The molecule has 0 radical (unpaired) electrons. The first kappa shape index (κ1) is 21.1. The molecule has 0 aromatic carbocycles. The Morgan fingerprint density at radius 2 is 2.29 bits per heavy atom. The number of guanidine groups is 1. The number of likely N-dealkylation sites (tertiary alicyclic amines) is 1. The number of pyridine rings is 1. The number of methoxy groups -OCH3 is 1. The van der Waals surface area contributed by atoms with Crippen molar-refractivity contribution in [3.63, 3.8) is 0 Å². The van der Waals surface area contributed by atoms with Crippen molar-refractivity contribution in [1.82, 2.24) is 15.2 Å². The topological polar surface area (TPSA) is 59.0 Å². The summed E-state index contributed by atoms with van der Waals surface area (Å²) in [5.41, 5.74) is 1.10. The van der Waals surface area contributed by atoms with Crippen LogP contribution in [0.15, 0.2) is 29.4 Å². The lowest BCUT2D eigenvalue weighted by atomic mass is 10.1. The molecule has 1 N–H and O–H groups in total. The normalized spacial score (nSPS) is 17.7. The molecule has 1 atom stereocenters. The van der Waals surface area contributed by atoms with Crippen LogP contribution in [0, 0.1) is 5.92 Å². The van der Waals surface area contributed by atoms with Crippen molar-refractivity contribution in [2.24, 2.45) is 10.9 Å². The van der Waals surface area contributed by atoms with Gasteiger partial charge >= 0.3 is 0 Å². The van der Waals surface area contributed by atoms with E-state index in [0.29, 0.717) is 19.1 Å². The van der Waals surface area contributed by atoms with Gasteiger partial charge in [0.05, 0.1) is 19.8 Å². The van der Waals surface area contributed by atoms with Crippen LogP contribution in [0.1, 0.15) is 12.1 Å². The van der Waals surface area contributed by atoms with Gasteiger partial charge in [0.2, 0.25) is 0 Å². The lowest BCUT2D eigenvalue weighted by Crippen LogP contribution is -2.41. The molecular weight excluding hydrogens is 419 g/mol. The molecule has 136 valence electrons. The van der Waals surface area contributed by atoms with E-state index < -0.39 is 0 Å². The van der Waals surface area contributed by atoms with E-state index in [9.17, 15) is 0 Å². The molecule has 6 nitrogen and oxygen atoms in total. The highest BCUT2D eigenvalue weighted by Crippen LogP contribution is 2.16. The molecule has 0 bridgehead atoms. The van der Waals surface area contributed by atoms with E-state index in [1.54, 1.807) is 7.11 Å². The molecule has 0 amide bonds. The molecule has 1 saturated heterocycles. The minimum Gasteiger partial charge on any atom is -0.382 e. The molecule has 1 aromatic rings. The number of halogens is 1. The van der Waals surface area contributed by atoms with Gasteiger partial charge in [0.15, 0.2) is 5.96 Å². The number of nitrogens with one attached hydrogen (secondary N) is 1. The third kappa shape index (κ3) is 7.31. The van der Waals surface area contributed by atoms with Crippen LogP contribution in [0.25, 0.3) is 0 Å². The number of aliphatic imine (C=N–C) groups is 1. The number of aromatic nitrogens is 1. The van der Waals surface area contributed by atoms with Gasteiger partial charge in [-0.15, -0.1) is 24.0 Å². The summed E-state index contributed by atoms with van der Waals surface area (Å²) in [4.78, 5) is 11.0. The molecule has 0 aliphatic carbocycles. The smallest absolute Gasteiger partial charge is 0.193 e. The van der Waals surface area contributed by atoms with E-state index in [-0.39, 0.29) is 24.0 Å². The van der Waals surface area contributed by atoms with E-state index in [4.69, 9.17) is 9.47 Å². The second-order valence-electron chi connectivity index (χ2n) is 5.71. The zero-order valence-electron chi connectivity index (χ0n) is 14.6. The Balaban J connectivity index is 0.00000288. The Morgan fingerprint density at radius 3 is 3.00 bits per heavy atom. The van der Waals surface area contributed by atoms with E-state index in [2.05, 4.69) is 20.2 Å². The van der Waals surface area contributed by atoms with Crippen LogP contribution >= 0.6 is 24.0 Å². The molecule has 1 aromatic heterocycles. The van der Waals surface area contributed by atoms with Gasteiger partial charge in [-0.2, -0.15) is 0 Å². The molecule has 2 heterocycles. The van der Waals surface area contributed by atoms with Crippen molar-refractivity contribution in [3.05, 3.63) is 30.1 Å². The van der Waals surface area contributed by atoms with E-state index in [1.807, 2.05) is 31.4 Å². The Kier molecular flexibility index (Phi) is 10.9. The number of rotatable bonds is 8. The van der Waals surface area contributed by atoms with Crippen molar-refractivity contribution in [3.8, 4) is 0 Å². The third-order valence-corrected chi connectivity index (χ3v) is 3.97. The zero-order chi connectivity index (χ0) is 16.3. The summed E-state index contributed by atoms with van der Waals surface area (Å²) in [5, 5.41) is 3.43. The number of hydrogen-bond donors (Lipinski definition) is 1. The average Bonchev–Trinajstić information content (AvgIpc) is 3.05. The van der Waals surface area contributed by atoms with Crippen LogP contribution in [-0.4, -0.2) is 69.5 Å². The maximum absolute atomic E-state index is 5.64. The Bertz CT molecular complexity index is 473. The lowest BCUT2D eigenvalue weighted by Gasteiger charge is -2.21. The van der Waals surface area contributed by atoms with Gasteiger partial charge in [0, 0.05) is 58.0 Å². The quantitative estimate of drug-likeness (QED) is 0.285. The van der Waals surface area contributed by atoms with E-state index >= 15 is 0 Å². The Morgan fingerprint density at radius 1 is 1.42 bits per heavy atom. The molecule has 1 fully saturated rings. The average molecular weight is 448 g/mol. The Labute approximate surface area is 162 Å². The van der Waals surface area contributed by atoms with Gasteiger partial charge in [0.25, 0.3) is 0 Å². The fourth-order valence-electron chi connectivity index (χ4n) is 2.73. The Hall–Kier alpha value is -0.930. The van der Waals surface area contributed by atoms with Gasteiger partial charge in [-0.25, -0.2) is 0 Å². The van der Waals surface area contributed by atoms with Crippen LogP contribution in [0.5, 0.6) is 0 Å². The summed E-state index contributed by atoms with van der Waals surface area (Å²) >= 11 is 0. The van der Waals surface area contributed by atoms with Gasteiger partial charge < -0.3 is 19.7 Å². The maximum atomic E-state index is 5.64. The third-order valence-electron chi connectivity index (χ3n) is 3.97. The number of hydrogen-bond acceptors (Lipinski definition) is 4. The highest BCUT2D eigenvalue weighted by molar-refractivity contribution is 14.0. The fourth-order valence-corrected chi connectivity index (χ4v) is 2.73. The lowest BCUT2D eigenvalue weighted by molar-refractivity contribution is 0.0536. The van der Waals surface area contributed by atoms with Crippen molar-refractivity contribution in [1.29, 1.82) is 0 Å².